The van der Waals surface area contributed by atoms with E-state index in [0.717, 1.165) is 0 Å². The number of hydrogen-bond acceptors (Lipinski definition) is 5. The van der Waals surface area contributed by atoms with Crippen LogP contribution in [0, 0.1) is 0 Å². The molecular formula is C21H23NO5S2. The molecule has 0 spiro atoms. The van der Waals surface area contributed by atoms with Crippen molar-refractivity contribution in [1.29, 1.82) is 0 Å². The molecule has 6 nitrogen and oxygen atoms in total. The number of piperidine rings is 1. The molecule has 2 aromatic carbocycles. The molecule has 154 valence electrons. The van der Waals surface area contributed by atoms with Gasteiger partial charge in [-0.2, -0.15) is 4.31 Å². The van der Waals surface area contributed by atoms with E-state index in [9.17, 15) is 21.6 Å². The highest BCUT2D eigenvalue weighted by Crippen LogP contribution is 2.42. The van der Waals surface area contributed by atoms with Gasteiger partial charge in [0, 0.05) is 17.6 Å². The lowest BCUT2D eigenvalue weighted by atomic mass is 10.1. The molecule has 2 atom stereocenters. The van der Waals surface area contributed by atoms with Gasteiger partial charge in [-0.3, -0.25) is 4.79 Å². The first-order valence-electron chi connectivity index (χ1n) is 9.65. The van der Waals surface area contributed by atoms with Crippen molar-refractivity contribution in [1.82, 2.24) is 4.31 Å². The maximum absolute atomic E-state index is 13.3. The molecule has 2 heterocycles. The number of sulfone groups is 1. The van der Waals surface area contributed by atoms with Gasteiger partial charge in [-0.1, -0.05) is 30.3 Å². The van der Waals surface area contributed by atoms with E-state index < -0.39 is 25.1 Å². The lowest BCUT2D eigenvalue weighted by molar-refractivity contribution is 0.101. The van der Waals surface area contributed by atoms with Gasteiger partial charge in [-0.15, -0.1) is 0 Å². The molecule has 2 aliphatic rings. The minimum Gasteiger partial charge on any atom is -0.295 e. The predicted octanol–water partition coefficient (Wildman–Crippen LogP) is 3.05. The first-order chi connectivity index (χ1) is 13.7. The van der Waals surface area contributed by atoms with Crippen LogP contribution in [0.1, 0.15) is 43.0 Å². The smallest absolute Gasteiger partial charge is 0.243 e. The molecule has 2 aliphatic heterocycles. The Morgan fingerprint density at radius 3 is 2.03 bits per heavy atom. The Hall–Kier alpha value is -2.03. The van der Waals surface area contributed by atoms with Crippen LogP contribution in [0.25, 0.3) is 0 Å². The van der Waals surface area contributed by atoms with Gasteiger partial charge in [0.05, 0.1) is 15.0 Å². The number of nitrogens with zero attached hydrogens (tertiary/aromatic N) is 1. The van der Waals surface area contributed by atoms with Crippen LogP contribution in [-0.4, -0.2) is 44.3 Å². The number of sulfonamides is 1. The Balaban J connectivity index is 1.63. The third kappa shape index (κ3) is 3.53. The lowest BCUT2D eigenvalue weighted by Crippen LogP contribution is -2.49. The lowest BCUT2D eigenvalue weighted by Gasteiger charge is -2.37. The third-order valence-electron chi connectivity index (χ3n) is 5.95. The summed E-state index contributed by atoms with van der Waals surface area (Å²) >= 11 is 0. The summed E-state index contributed by atoms with van der Waals surface area (Å²) in [5.74, 6) is -0.197. The second-order valence-electron chi connectivity index (χ2n) is 7.76. The third-order valence-corrected chi connectivity index (χ3v) is 10.1. The Bertz CT molecular complexity index is 1130. The zero-order valence-electron chi connectivity index (χ0n) is 16.1. The van der Waals surface area contributed by atoms with Gasteiger partial charge >= 0.3 is 0 Å². The van der Waals surface area contributed by atoms with E-state index in [0.29, 0.717) is 31.2 Å². The van der Waals surface area contributed by atoms with E-state index in [-0.39, 0.29) is 27.7 Å². The van der Waals surface area contributed by atoms with Gasteiger partial charge in [0.2, 0.25) is 10.0 Å². The molecule has 8 heteroatoms. The highest BCUT2D eigenvalue weighted by molar-refractivity contribution is 7.92. The number of fused-ring (bicyclic) bond motifs is 2. The van der Waals surface area contributed by atoms with Crippen LogP contribution < -0.4 is 0 Å². The molecule has 2 saturated heterocycles. The summed E-state index contributed by atoms with van der Waals surface area (Å²) in [6.45, 7) is 1.40. The molecule has 2 aromatic rings. The zero-order valence-corrected chi connectivity index (χ0v) is 17.7. The summed E-state index contributed by atoms with van der Waals surface area (Å²) in [6.07, 6.45) is 1.88. The quantitative estimate of drug-likeness (QED) is 0.676. The Morgan fingerprint density at radius 2 is 1.45 bits per heavy atom. The SMILES string of the molecule is CC(=O)c1cccc(S(=O)(=O)N2[C@H]3CC[C@H]2CC(S(=O)(=O)c2ccccc2)C3)c1. The number of carbonyl (C=O) groups excluding carboxylic acids is 1. The van der Waals surface area contributed by atoms with E-state index in [4.69, 9.17) is 0 Å². The van der Waals surface area contributed by atoms with Crippen molar-refractivity contribution < 1.29 is 21.6 Å². The van der Waals surface area contributed by atoms with Crippen LogP contribution in [0.5, 0.6) is 0 Å². The molecule has 4 rings (SSSR count). The zero-order chi connectivity index (χ0) is 20.8. The highest BCUT2D eigenvalue weighted by atomic mass is 32.2. The van der Waals surface area contributed by atoms with Gasteiger partial charge in [0.15, 0.2) is 15.6 Å². The number of Topliss-reactive ketones (excluding diaryl/α,β-unsaturated/α-hetero) is 1. The molecule has 2 bridgehead atoms. The van der Waals surface area contributed by atoms with Crippen LogP contribution in [0.4, 0.5) is 0 Å². The summed E-state index contributed by atoms with van der Waals surface area (Å²) in [4.78, 5) is 12.0. The Labute approximate surface area is 171 Å². The number of ketones is 1. The van der Waals surface area contributed by atoms with Crippen molar-refractivity contribution in [3.8, 4) is 0 Å². The summed E-state index contributed by atoms with van der Waals surface area (Å²) in [6, 6.07) is 13.7. The number of rotatable bonds is 5. The van der Waals surface area contributed by atoms with Gasteiger partial charge in [0.25, 0.3) is 0 Å². The van der Waals surface area contributed by atoms with E-state index in [1.165, 1.54) is 23.4 Å². The summed E-state index contributed by atoms with van der Waals surface area (Å²) in [5.41, 5.74) is 0.347. The minimum absolute atomic E-state index is 0.0893. The largest absolute Gasteiger partial charge is 0.295 e. The fourth-order valence-electron chi connectivity index (χ4n) is 4.53. The van der Waals surface area contributed by atoms with E-state index in [1.807, 2.05) is 0 Å². The first kappa shape index (κ1) is 20.3. The van der Waals surface area contributed by atoms with Gasteiger partial charge < -0.3 is 0 Å². The van der Waals surface area contributed by atoms with Crippen molar-refractivity contribution in [2.24, 2.45) is 0 Å². The van der Waals surface area contributed by atoms with Gasteiger partial charge in [-0.05, 0) is 56.9 Å². The number of hydrogen-bond donors (Lipinski definition) is 0. The summed E-state index contributed by atoms with van der Waals surface area (Å²) in [7, 11) is -7.31. The topological polar surface area (TPSA) is 88.6 Å². The molecule has 0 aromatic heterocycles. The van der Waals surface area contributed by atoms with Crippen LogP contribution in [-0.2, 0) is 19.9 Å². The van der Waals surface area contributed by atoms with Crippen molar-refractivity contribution in [3.63, 3.8) is 0 Å². The Kier molecular flexibility index (Phi) is 5.13. The fraction of sp³-hybridized carbons (Fsp3) is 0.381. The van der Waals surface area contributed by atoms with Crippen molar-refractivity contribution in [2.45, 2.75) is 59.7 Å². The first-order valence-corrected chi connectivity index (χ1v) is 12.6. The van der Waals surface area contributed by atoms with Crippen LogP contribution in [0.15, 0.2) is 64.4 Å². The van der Waals surface area contributed by atoms with Crippen LogP contribution in [0.2, 0.25) is 0 Å². The average molecular weight is 434 g/mol. The van der Waals surface area contributed by atoms with Crippen molar-refractivity contribution in [3.05, 3.63) is 60.2 Å². The van der Waals surface area contributed by atoms with Gasteiger partial charge in [-0.25, -0.2) is 16.8 Å². The monoisotopic (exact) mass is 433 g/mol. The molecule has 29 heavy (non-hydrogen) atoms. The second kappa shape index (κ2) is 7.34. The number of carbonyl (C=O) groups is 1. The van der Waals surface area contributed by atoms with Crippen molar-refractivity contribution in [2.75, 3.05) is 0 Å². The molecule has 0 amide bonds. The molecule has 2 fully saturated rings. The standard InChI is InChI=1S/C21H23NO5S2/c1-15(23)16-6-5-9-20(12-16)29(26,27)22-17-10-11-18(22)14-21(13-17)28(24,25)19-7-3-2-4-8-19/h2-9,12,17-18,21H,10-11,13-14H2,1H3/t17-,18-/m0/s1. The molecule has 0 aliphatic carbocycles. The van der Waals surface area contributed by atoms with Crippen LogP contribution in [0.3, 0.4) is 0 Å². The second-order valence-corrected chi connectivity index (χ2v) is 11.8. The average Bonchev–Trinajstić information content (AvgIpc) is 2.99. The van der Waals surface area contributed by atoms with Gasteiger partial charge in [0.1, 0.15) is 0 Å². The van der Waals surface area contributed by atoms with Crippen LogP contribution >= 0.6 is 0 Å². The molecule has 0 N–H and O–H groups in total. The fourth-order valence-corrected chi connectivity index (χ4v) is 8.34. The van der Waals surface area contributed by atoms with E-state index in [2.05, 4.69) is 0 Å². The normalized spacial score (nSPS) is 25.1. The summed E-state index contributed by atoms with van der Waals surface area (Å²) < 4.78 is 54.2. The highest BCUT2D eigenvalue weighted by Gasteiger charge is 2.50. The predicted molar refractivity (Wildman–Crippen MR) is 109 cm³/mol. The molecule has 0 radical (unpaired) electrons. The molecule has 0 saturated carbocycles. The molecular weight excluding hydrogens is 410 g/mol. The Morgan fingerprint density at radius 1 is 0.862 bits per heavy atom. The maximum Gasteiger partial charge on any atom is 0.243 e. The van der Waals surface area contributed by atoms with Crippen molar-refractivity contribution >= 4 is 25.6 Å². The van der Waals surface area contributed by atoms with E-state index in [1.54, 1.807) is 42.5 Å². The van der Waals surface area contributed by atoms with E-state index >= 15 is 0 Å². The summed E-state index contributed by atoms with van der Waals surface area (Å²) in [5, 5.41) is -0.586. The minimum atomic E-state index is -3.80. The number of benzene rings is 2. The molecule has 0 unspecified atom stereocenters. The maximum atomic E-state index is 13.3.